The second-order valence-electron chi connectivity index (χ2n) is 3.70. The molecule has 1 heterocycles. The molecule has 0 fully saturated rings. The van der Waals surface area contributed by atoms with Crippen LogP contribution in [0.15, 0.2) is 34.8 Å². The van der Waals surface area contributed by atoms with E-state index in [0.29, 0.717) is 0 Å². The van der Waals surface area contributed by atoms with E-state index in [0.717, 1.165) is 10.5 Å². The van der Waals surface area contributed by atoms with Gasteiger partial charge < -0.3 is 4.57 Å². The SMILES string of the molecule is Cc1ccc(/N=c2/sccn2C)c(C)c1. The first-order valence-electron chi connectivity index (χ1n) is 4.89. The summed E-state index contributed by atoms with van der Waals surface area (Å²) >= 11 is 1.65. The zero-order chi connectivity index (χ0) is 10.8. The lowest BCUT2D eigenvalue weighted by Gasteiger charge is -2.00. The lowest BCUT2D eigenvalue weighted by Crippen LogP contribution is -2.08. The van der Waals surface area contributed by atoms with Gasteiger partial charge >= 0.3 is 0 Å². The van der Waals surface area contributed by atoms with Crippen LogP contribution in [-0.4, -0.2) is 4.57 Å². The molecular weight excluding hydrogens is 204 g/mol. The summed E-state index contributed by atoms with van der Waals surface area (Å²) in [7, 11) is 2.01. The van der Waals surface area contributed by atoms with Crippen molar-refractivity contribution in [3.05, 3.63) is 45.7 Å². The largest absolute Gasteiger partial charge is 0.327 e. The Hall–Kier alpha value is -1.35. The van der Waals surface area contributed by atoms with Crippen molar-refractivity contribution in [2.45, 2.75) is 13.8 Å². The third-order valence-electron chi connectivity index (χ3n) is 2.33. The Morgan fingerprint density at radius 2 is 2.07 bits per heavy atom. The van der Waals surface area contributed by atoms with E-state index in [1.54, 1.807) is 11.3 Å². The predicted octanol–water partition coefficient (Wildman–Crippen LogP) is 2.94. The van der Waals surface area contributed by atoms with Crippen molar-refractivity contribution >= 4 is 17.0 Å². The van der Waals surface area contributed by atoms with E-state index in [1.807, 2.05) is 23.2 Å². The van der Waals surface area contributed by atoms with Crippen LogP contribution in [0.25, 0.3) is 0 Å². The van der Waals surface area contributed by atoms with Gasteiger partial charge in [-0.15, -0.1) is 11.3 Å². The molecule has 3 heteroatoms. The van der Waals surface area contributed by atoms with Crippen molar-refractivity contribution in [1.82, 2.24) is 4.57 Å². The van der Waals surface area contributed by atoms with Crippen molar-refractivity contribution < 1.29 is 0 Å². The van der Waals surface area contributed by atoms with E-state index in [4.69, 9.17) is 0 Å². The Morgan fingerprint density at radius 1 is 1.27 bits per heavy atom. The second-order valence-corrected chi connectivity index (χ2v) is 4.57. The highest BCUT2D eigenvalue weighted by Gasteiger charge is 1.96. The van der Waals surface area contributed by atoms with Gasteiger partial charge in [-0.1, -0.05) is 17.7 Å². The zero-order valence-electron chi connectivity index (χ0n) is 9.19. The monoisotopic (exact) mass is 218 g/mol. The minimum Gasteiger partial charge on any atom is -0.327 e. The van der Waals surface area contributed by atoms with Crippen LogP contribution in [0.2, 0.25) is 0 Å². The highest BCUT2D eigenvalue weighted by atomic mass is 32.1. The molecule has 0 aliphatic rings. The maximum Gasteiger partial charge on any atom is 0.189 e. The molecule has 1 aromatic carbocycles. The highest BCUT2D eigenvalue weighted by Crippen LogP contribution is 2.18. The van der Waals surface area contributed by atoms with Crippen LogP contribution < -0.4 is 4.80 Å². The second kappa shape index (κ2) is 4.03. The van der Waals surface area contributed by atoms with E-state index in [9.17, 15) is 0 Å². The van der Waals surface area contributed by atoms with Gasteiger partial charge in [-0.25, -0.2) is 4.99 Å². The minimum atomic E-state index is 1.03. The molecule has 2 aromatic rings. The van der Waals surface area contributed by atoms with E-state index >= 15 is 0 Å². The fourth-order valence-corrected chi connectivity index (χ4v) is 2.21. The first-order chi connectivity index (χ1) is 7.16. The first kappa shape index (κ1) is 10.2. The molecule has 0 amide bonds. The average Bonchev–Trinajstić information content (AvgIpc) is 2.57. The molecule has 0 saturated heterocycles. The van der Waals surface area contributed by atoms with Gasteiger partial charge in [0.05, 0.1) is 5.69 Å². The Kier molecular flexibility index (Phi) is 2.73. The summed E-state index contributed by atoms with van der Waals surface area (Å²) in [5, 5.41) is 2.04. The highest BCUT2D eigenvalue weighted by molar-refractivity contribution is 7.07. The minimum absolute atomic E-state index is 1.03. The van der Waals surface area contributed by atoms with Gasteiger partial charge in [-0.2, -0.15) is 0 Å². The Balaban J connectivity index is 2.53. The molecule has 0 unspecified atom stereocenters. The lowest BCUT2D eigenvalue weighted by atomic mass is 10.1. The third-order valence-corrected chi connectivity index (χ3v) is 3.18. The number of hydrogen-bond donors (Lipinski definition) is 0. The molecule has 0 aliphatic heterocycles. The molecular formula is C12H14N2S. The quantitative estimate of drug-likeness (QED) is 0.700. The van der Waals surface area contributed by atoms with E-state index in [1.165, 1.54) is 11.1 Å². The van der Waals surface area contributed by atoms with Gasteiger partial charge in [-0.3, -0.25) is 0 Å². The topological polar surface area (TPSA) is 17.3 Å². The molecule has 0 spiro atoms. The van der Waals surface area contributed by atoms with E-state index in [-0.39, 0.29) is 0 Å². The average molecular weight is 218 g/mol. The molecule has 0 atom stereocenters. The molecule has 0 bridgehead atoms. The molecule has 2 rings (SSSR count). The molecule has 78 valence electrons. The Bertz CT molecular complexity index is 535. The van der Waals surface area contributed by atoms with Crippen LogP contribution in [0.5, 0.6) is 0 Å². The van der Waals surface area contributed by atoms with Gasteiger partial charge in [0.25, 0.3) is 0 Å². The van der Waals surface area contributed by atoms with Crippen molar-refractivity contribution in [2.75, 3.05) is 0 Å². The molecule has 15 heavy (non-hydrogen) atoms. The lowest BCUT2D eigenvalue weighted by molar-refractivity contribution is 0.873. The third kappa shape index (κ3) is 2.18. The fourth-order valence-electron chi connectivity index (χ4n) is 1.47. The van der Waals surface area contributed by atoms with Crippen molar-refractivity contribution in [3.8, 4) is 0 Å². The fraction of sp³-hybridized carbons (Fsp3) is 0.250. The number of nitrogens with zero attached hydrogens (tertiary/aromatic N) is 2. The van der Waals surface area contributed by atoms with Gasteiger partial charge in [-0.05, 0) is 25.5 Å². The van der Waals surface area contributed by atoms with Crippen LogP contribution in [0.3, 0.4) is 0 Å². The van der Waals surface area contributed by atoms with Gasteiger partial charge in [0.1, 0.15) is 0 Å². The summed E-state index contributed by atoms with van der Waals surface area (Å²) in [4.78, 5) is 5.65. The standard InChI is InChI=1S/C12H14N2S/c1-9-4-5-11(10(2)8-9)13-12-14(3)6-7-15-12/h4-8H,1-3H3/b13-12+. The zero-order valence-corrected chi connectivity index (χ0v) is 10.0. The smallest absolute Gasteiger partial charge is 0.189 e. The molecule has 1 aromatic heterocycles. The first-order valence-corrected chi connectivity index (χ1v) is 5.77. The summed E-state index contributed by atoms with van der Waals surface area (Å²) < 4.78 is 2.03. The van der Waals surface area contributed by atoms with Crippen LogP contribution >= 0.6 is 11.3 Å². The van der Waals surface area contributed by atoms with Gasteiger partial charge in [0, 0.05) is 18.6 Å². The van der Waals surface area contributed by atoms with Crippen LogP contribution in [0, 0.1) is 13.8 Å². The van der Waals surface area contributed by atoms with E-state index in [2.05, 4.69) is 37.0 Å². The normalized spacial score (nSPS) is 12.1. The number of benzene rings is 1. The maximum atomic E-state index is 4.62. The van der Waals surface area contributed by atoms with Crippen LogP contribution in [0.1, 0.15) is 11.1 Å². The molecule has 0 aliphatic carbocycles. The number of hydrogen-bond acceptors (Lipinski definition) is 2. The molecule has 0 saturated carbocycles. The Morgan fingerprint density at radius 3 is 2.67 bits per heavy atom. The summed E-state index contributed by atoms with van der Waals surface area (Å²) in [6.07, 6.45) is 2.02. The molecule has 2 nitrogen and oxygen atoms in total. The van der Waals surface area contributed by atoms with Crippen molar-refractivity contribution in [1.29, 1.82) is 0 Å². The maximum absolute atomic E-state index is 4.62. The summed E-state index contributed by atoms with van der Waals surface area (Å²) in [5.74, 6) is 0. The number of aromatic nitrogens is 1. The number of thiazole rings is 1. The predicted molar refractivity (Wildman–Crippen MR) is 64.4 cm³/mol. The number of rotatable bonds is 1. The number of aryl methyl sites for hydroxylation is 3. The van der Waals surface area contributed by atoms with Gasteiger partial charge in [0.2, 0.25) is 0 Å². The summed E-state index contributed by atoms with van der Waals surface area (Å²) in [6, 6.07) is 6.33. The van der Waals surface area contributed by atoms with Crippen LogP contribution in [-0.2, 0) is 7.05 Å². The summed E-state index contributed by atoms with van der Waals surface area (Å²) in [6.45, 7) is 4.20. The van der Waals surface area contributed by atoms with Crippen molar-refractivity contribution in [3.63, 3.8) is 0 Å². The summed E-state index contributed by atoms with van der Waals surface area (Å²) in [5.41, 5.74) is 3.56. The van der Waals surface area contributed by atoms with Crippen LogP contribution in [0.4, 0.5) is 5.69 Å². The van der Waals surface area contributed by atoms with E-state index < -0.39 is 0 Å². The molecule has 0 radical (unpaired) electrons. The van der Waals surface area contributed by atoms with Crippen molar-refractivity contribution in [2.24, 2.45) is 12.0 Å². The van der Waals surface area contributed by atoms with Gasteiger partial charge in [0.15, 0.2) is 4.80 Å². The molecule has 0 N–H and O–H groups in total. The Labute approximate surface area is 93.5 Å².